The Labute approximate surface area is 161 Å². The third-order valence-corrected chi connectivity index (χ3v) is 6.54. The summed E-state index contributed by atoms with van der Waals surface area (Å²) in [5.41, 5.74) is 4.33. The molecular formula is C21H20N2OS2. The van der Waals surface area contributed by atoms with Gasteiger partial charge in [0.2, 0.25) is 5.91 Å². The Morgan fingerprint density at radius 2 is 1.88 bits per heavy atom. The fourth-order valence-electron chi connectivity index (χ4n) is 2.67. The maximum Gasteiger partial charge on any atom is 0.238 e. The van der Waals surface area contributed by atoms with E-state index in [2.05, 4.69) is 41.9 Å². The number of nitrogens with zero attached hydrogens (tertiary/aromatic N) is 1. The summed E-state index contributed by atoms with van der Waals surface area (Å²) in [7, 11) is 0. The fraction of sp³-hybridized carbons (Fsp3) is 0.238. The van der Waals surface area contributed by atoms with Crippen molar-refractivity contribution in [2.45, 2.75) is 35.4 Å². The number of thioether (sulfide) groups is 1. The van der Waals surface area contributed by atoms with Gasteiger partial charge in [-0.3, -0.25) is 4.79 Å². The summed E-state index contributed by atoms with van der Waals surface area (Å²) in [6.07, 6.45) is 2.18. The van der Waals surface area contributed by atoms with Crippen LogP contribution in [-0.2, 0) is 4.79 Å². The van der Waals surface area contributed by atoms with E-state index in [-0.39, 0.29) is 11.2 Å². The largest absolute Gasteiger partial charge is 0.352 e. The summed E-state index contributed by atoms with van der Waals surface area (Å²) < 4.78 is 0.917. The summed E-state index contributed by atoms with van der Waals surface area (Å²) in [5, 5.41) is 4.93. The molecule has 1 aliphatic carbocycles. The van der Waals surface area contributed by atoms with Crippen LogP contribution in [-0.4, -0.2) is 16.9 Å². The molecule has 132 valence electrons. The van der Waals surface area contributed by atoms with Crippen molar-refractivity contribution < 1.29 is 4.79 Å². The Hall–Kier alpha value is -2.11. The SMILES string of the molecule is Cc1ccc(-c2csc(SC(C(=O)NC3CC3)c3ccccc3)n2)cc1. The van der Waals surface area contributed by atoms with E-state index in [1.165, 1.54) is 17.3 Å². The van der Waals surface area contributed by atoms with E-state index in [1.54, 1.807) is 11.3 Å². The molecule has 4 rings (SSSR count). The molecule has 26 heavy (non-hydrogen) atoms. The van der Waals surface area contributed by atoms with Crippen LogP contribution in [0.1, 0.15) is 29.2 Å². The summed E-state index contributed by atoms with van der Waals surface area (Å²) in [5.74, 6) is 0.0794. The number of hydrogen-bond donors (Lipinski definition) is 1. The third-order valence-electron chi connectivity index (χ3n) is 4.31. The van der Waals surface area contributed by atoms with E-state index >= 15 is 0 Å². The second-order valence-corrected chi connectivity index (χ2v) is 8.77. The molecule has 1 aliphatic rings. The predicted molar refractivity (Wildman–Crippen MR) is 108 cm³/mol. The first-order chi connectivity index (χ1) is 12.7. The molecule has 0 saturated heterocycles. The van der Waals surface area contributed by atoms with Crippen LogP contribution in [0.2, 0.25) is 0 Å². The van der Waals surface area contributed by atoms with Gasteiger partial charge in [0.25, 0.3) is 0 Å². The van der Waals surface area contributed by atoms with Crippen molar-refractivity contribution in [3.05, 3.63) is 71.1 Å². The molecule has 1 aromatic heterocycles. The number of aromatic nitrogens is 1. The van der Waals surface area contributed by atoms with Gasteiger partial charge in [0.1, 0.15) is 5.25 Å². The van der Waals surface area contributed by atoms with E-state index in [1.807, 2.05) is 30.3 Å². The van der Waals surface area contributed by atoms with Gasteiger partial charge in [0, 0.05) is 17.0 Å². The van der Waals surface area contributed by atoms with Gasteiger partial charge in [-0.05, 0) is 25.3 Å². The van der Waals surface area contributed by atoms with E-state index in [0.717, 1.165) is 34.0 Å². The number of hydrogen-bond acceptors (Lipinski definition) is 4. The molecule has 1 amide bonds. The molecule has 3 nitrogen and oxygen atoms in total. The lowest BCUT2D eigenvalue weighted by Gasteiger charge is -2.15. The van der Waals surface area contributed by atoms with E-state index in [4.69, 9.17) is 4.98 Å². The first-order valence-corrected chi connectivity index (χ1v) is 10.5. The van der Waals surface area contributed by atoms with Crippen LogP contribution in [0.15, 0.2) is 64.3 Å². The second kappa shape index (κ2) is 7.64. The molecule has 1 heterocycles. The summed E-state index contributed by atoms with van der Waals surface area (Å²) in [6.45, 7) is 2.08. The zero-order valence-electron chi connectivity index (χ0n) is 14.5. The topological polar surface area (TPSA) is 42.0 Å². The second-order valence-electron chi connectivity index (χ2n) is 6.56. The van der Waals surface area contributed by atoms with Crippen molar-refractivity contribution in [3.63, 3.8) is 0 Å². The standard InChI is InChI=1S/C21H20N2OS2/c1-14-7-9-15(10-8-14)18-13-25-21(23-18)26-19(16-5-3-2-4-6-16)20(24)22-17-11-12-17/h2-10,13,17,19H,11-12H2,1H3,(H,22,24). The molecule has 1 N–H and O–H groups in total. The Balaban J connectivity index is 1.55. The zero-order chi connectivity index (χ0) is 17.9. The highest BCUT2D eigenvalue weighted by atomic mass is 32.2. The molecule has 2 aromatic carbocycles. The Kier molecular flexibility index (Phi) is 5.09. The van der Waals surface area contributed by atoms with E-state index in [9.17, 15) is 4.79 Å². The number of carbonyl (C=O) groups excluding carboxylic acids is 1. The van der Waals surface area contributed by atoms with Crippen molar-refractivity contribution in [3.8, 4) is 11.3 Å². The summed E-state index contributed by atoms with van der Waals surface area (Å²) in [4.78, 5) is 17.5. The number of benzene rings is 2. The molecule has 3 aromatic rings. The molecular weight excluding hydrogens is 360 g/mol. The van der Waals surface area contributed by atoms with E-state index < -0.39 is 0 Å². The minimum absolute atomic E-state index is 0.0794. The number of nitrogens with one attached hydrogen (secondary N) is 1. The molecule has 0 aliphatic heterocycles. The Bertz CT molecular complexity index is 886. The maximum absolute atomic E-state index is 12.8. The Morgan fingerprint density at radius 3 is 2.58 bits per heavy atom. The first-order valence-electron chi connectivity index (χ1n) is 8.73. The van der Waals surface area contributed by atoms with Crippen LogP contribution >= 0.6 is 23.1 Å². The highest BCUT2D eigenvalue weighted by Crippen LogP contribution is 2.39. The van der Waals surface area contributed by atoms with Crippen LogP contribution in [0, 0.1) is 6.92 Å². The average Bonchev–Trinajstić information content (AvgIpc) is 3.35. The molecule has 1 atom stereocenters. The first kappa shape index (κ1) is 17.3. The number of rotatable bonds is 6. The van der Waals surface area contributed by atoms with Crippen LogP contribution in [0.4, 0.5) is 0 Å². The van der Waals surface area contributed by atoms with Crippen LogP contribution in [0.3, 0.4) is 0 Å². The molecule has 1 saturated carbocycles. The van der Waals surface area contributed by atoms with Crippen molar-refractivity contribution in [2.24, 2.45) is 0 Å². The van der Waals surface area contributed by atoms with Gasteiger partial charge >= 0.3 is 0 Å². The lowest BCUT2D eigenvalue weighted by molar-refractivity contribution is -0.120. The maximum atomic E-state index is 12.8. The van der Waals surface area contributed by atoms with Crippen LogP contribution < -0.4 is 5.32 Å². The predicted octanol–water partition coefficient (Wildman–Crippen LogP) is 5.23. The fourth-order valence-corrected chi connectivity index (χ4v) is 4.70. The number of aryl methyl sites for hydroxylation is 1. The van der Waals surface area contributed by atoms with Gasteiger partial charge in [-0.25, -0.2) is 4.98 Å². The molecule has 1 unspecified atom stereocenters. The van der Waals surface area contributed by atoms with Gasteiger partial charge in [0.15, 0.2) is 4.34 Å². The zero-order valence-corrected chi connectivity index (χ0v) is 16.1. The number of thiazole rings is 1. The van der Waals surface area contributed by atoms with Crippen molar-refractivity contribution in [1.29, 1.82) is 0 Å². The lowest BCUT2D eigenvalue weighted by Crippen LogP contribution is -2.29. The summed E-state index contributed by atoms with van der Waals surface area (Å²) >= 11 is 3.13. The molecule has 1 fully saturated rings. The monoisotopic (exact) mass is 380 g/mol. The molecule has 0 radical (unpaired) electrons. The molecule has 0 spiro atoms. The molecule has 5 heteroatoms. The van der Waals surface area contributed by atoms with Crippen molar-refractivity contribution in [2.75, 3.05) is 0 Å². The summed E-state index contributed by atoms with van der Waals surface area (Å²) in [6, 6.07) is 18.7. The highest BCUT2D eigenvalue weighted by Gasteiger charge is 2.29. The van der Waals surface area contributed by atoms with Gasteiger partial charge in [-0.2, -0.15) is 0 Å². The quantitative estimate of drug-likeness (QED) is 0.595. The lowest BCUT2D eigenvalue weighted by atomic mass is 10.1. The number of amides is 1. The van der Waals surface area contributed by atoms with Crippen LogP contribution in [0.25, 0.3) is 11.3 Å². The average molecular weight is 381 g/mol. The van der Waals surface area contributed by atoms with Gasteiger partial charge < -0.3 is 5.32 Å². The van der Waals surface area contributed by atoms with Crippen molar-refractivity contribution >= 4 is 29.0 Å². The van der Waals surface area contributed by atoms with Crippen molar-refractivity contribution in [1.82, 2.24) is 10.3 Å². The Morgan fingerprint density at radius 1 is 1.15 bits per heavy atom. The third kappa shape index (κ3) is 4.17. The van der Waals surface area contributed by atoms with Gasteiger partial charge in [0.05, 0.1) is 5.69 Å². The normalized spacial score (nSPS) is 14.8. The molecule has 0 bridgehead atoms. The van der Waals surface area contributed by atoms with Gasteiger partial charge in [-0.15, -0.1) is 11.3 Å². The van der Waals surface area contributed by atoms with Crippen LogP contribution in [0.5, 0.6) is 0 Å². The van der Waals surface area contributed by atoms with E-state index in [0.29, 0.717) is 6.04 Å². The smallest absolute Gasteiger partial charge is 0.238 e. The number of carbonyl (C=O) groups is 1. The van der Waals surface area contributed by atoms with Gasteiger partial charge in [-0.1, -0.05) is 71.9 Å². The highest BCUT2D eigenvalue weighted by molar-refractivity contribution is 8.01. The minimum Gasteiger partial charge on any atom is -0.352 e. The minimum atomic E-state index is -0.270.